The molecule has 3 heteroatoms. The number of aromatic hydroxyl groups is 1. The van der Waals surface area contributed by atoms with Crippen molar-refractivity contribution in [3.63, 3.8) is 0 Å². The lowest BCUT2D eigenvalue weighted by molar-refractivity contribution is 0.475. The maximum absolute atomic E-state index is 9.55. The van der Waals surface area contributed by atoms with Gasteiger partial charge in [0.15, 0.2) is 0 Å². The minimum atomic E-state index is -0.102. The van der Waals surface area contributed by atoms with Crippen LogP contribution >= 0.6 is 11.6 Å². The van der Waals surface area contributed by atoms with Crippen LogP contribution in [0.4, 0.5) is 0 Å². The van der Waals surface area contributed by atoms with Crippen molar-refractivity contribution < 1.29 is 5.11 Å². The molecule has 1 heterocycles. The average Bonchev–Trinajstić information content (AvgIpc) is 2.58. The van der Waals surface area contributed by atoms with E-state index >= 15 is 0 Å². The molecule has 1 N–H and O–H groups in total. The molecule has 0 fully saturated rings. The second-order valence-corrected chi connectivity index (χ2v) is 5.75. The number of phenolic OH excluding ortho intramolecular Hbond substituents is 1. The zero-order valence-corrected chi connectivity index (χ0v) is 13.2. The average molecular weight is 322 g/mol. The van der Waals surface area contributed by atoms with Gasteiger partial charge in [0.05, 0.1) is 11.6 Å². The molecule has 0 radical (unpaired) electrons. The molecule has 0 bridgehead atoms. The van der Waals surface area contributed by atoms with E-state index in [1.54, 1.807) is 18.3 Å². The summed E-state index contributed by atoms with van der Waals surface area (Å²) in [5.41, 5.74) is 3.81. The standard InChI is InChI=1S/C20H16ClNO/c1-14(16-5-4-6-17(21)13-16)20(19-7-2-3-12-22-19)15-8-10-18(23)11-9-15/h2-13,20,23H,1H2/t20-/m0/s1. The van der Waals surface area contributed by atoms with Crippen LogP contribution in [0.25, 0.3) is 5.57 Å². The topological polar surface area (TPSA) is 33.1 Å². The lowest BCUT2D eigenvalue weighted by atomic mass is 9.85. The molecular formula is C20H16ClNO. The summed E-state index contributed by atoms with van der Waals surface area (Å²) in [6, 6.07) is 20.6. The highest BCUT2D eigenvalue weighted by molar-refractivity contribution is 6.30. The third-order valence-electron chi connectivity index (χ3n) is 3.75. The van der Waals surface area contributed by atoms with Crippen LogP contribution < -0.4 is 0 Å². The normalized spacial score (nSPS) is 11.9. The minimum Gasteiger partial charge on any atom is -0.508 e. The number of hydrogen-bond donors (Lipinski definition) is 1. The van der Waals surface area contributed by atoms with Gasteiger partial charge in [-0.25, -0.2) is 0 Å². The molecule has 0 saturated heterocycles. The Labute approximate surface area is 140 Å². The maximum Gasteiger partial charge on any atom is 0.115 e. The third kappa shape index (κ3) is 3.43. The molecule has 0 aliphatic heterocycles. The lowest BCUT2D eigenvalue weighted by Crippen LogP contribution is -2.05. The van der Waals surface area contributed by atoms with Crippen molar-refractivity contribution in [2.45, 2.75) is 5.92 Å². The van der Waals surface area contributed by atoms with Crippen molar-refractivity contribution in [1.82, 2.24) is 4.98 Å². The Hall–Kier alpha value is -2.58. The zero-order valence-electron chi connectivity index (χ0n) is 12.5. The smallest absolute Gasteiger partial charge is 0.115 e. The second kappa shape index (κ2) is 6.67. The number of halogens is 1. The van der Waals surface area contributed by atoms with Crippen LogP contribution in [-0.2, 0) is 0 Å². The summed E-state index contributed by atoms with van der Waals surface area (Å²) in [6.07, 6.45) is 1.77. The van der Waals surface area contributed by atoms with Gasteiger partial charge in [-0.1, -0.05) is 48.5 Å². The number of allylic oxidation sites excluding steroid dienone is 1. The summed E-state index contributed by atoms with van der Waals surface area (Å²) in [5, 5.41) is 10.2. The SMILES string of the molecule is C=C(c1cccc(Cl)c1)[C@@H](c1ccc(O)cc1)c1ccccn1. The van der Waals surface area contributed by atoms with E-state index < -0.39 is 0 Å². The largest absolute Gasteiger partial charge is 0.508 e. The number of aromatic nitrogens is 1. The van der Waals surface area contributed by atoms with Gasteiger partial charge in [-0.2, -0.15) is 0 Å². The van der Waals surface area contributed by atoms with E-state index in [2.05, 4.69) is 11.6 Å². The van der Waals surface area contributed by atoms with Crippen LogP contribution in [0.1, 0.15) is 22.7 Å². The summed E-state index contributed by atoms with van der Waals surface area (Å²) in [5.74, 6) is 0.136. The molecule has 1 atom stereocenters. The fourth-order valence-corrected chi connectivity index (χ4v) is 2.81. The van der Waals surface area contributed by atoms with Crippen molar-refractivity contribution in [2.24, 2.45) is 0 Å². The zero-order chi connectivity index (χ0) is 16.2. The summed E-state index contributed by atoms with van der Waals surface area (Å²) >= 11 is 6.12. The first-order chi connectivity index (χ1) is 11.1. The van der Waals surface area contributed by atoms with Crippen LogP contribution in [-0.4, -0.2) is 10.1 Å². The first-order valence-corrected chi connectivity index (χ1v) is 7.67. The fraction of sp³-hybridized carbons (Fsp3) is 0.0500. The molecular weight excluding hydrogens is 306 g/mol. The van der Waals surface area contributed by atoms with Gasteiger partial charge in [0.1, 0.15) is 5.75 Å². The predicted molar refractivity (Wildman–Crippen MR) is 94.7 cm³/mol. The summed E-state index contributed by atoms with van der Waals surface area (Å²) in [4.78, 5) is 4.49. The monoisotopic (exact) mass is 321 g/mol. The van der Waals surface area contributed by atoms with Crippen LogP contribution in [0.5, 0.6) is 5.75 Å². The molecule has 0 unspecified atom stereocenters. The van der Waals surface area contributed by atoms with Crippen LogP contribution in [0.2, 0.25) is 5.02 Å². The Bertz CT molecular complexity index is 813. The summed E-state index contributed by atoms with van der Waals surface area (Å²) in [7, 11) is 0. The highest BCUT2D eigenvalue weighted by Crippen LogP contribution is 2.36. The Morgan fingerprint density at radius 3 is 2.43 bits per heavy atom. The minimum absolute atomic E-state index is 0.102. The van der Waals surface area contributed by atoms with Crippen LogP contribution in [0.3, 0.4) is 0 Å². The molecule has 3 rings (SSSR count). The van der Waals surface area contributed by atoms with Crippen molar-refractivity contribution >= 4 is 17.2 Å². The Kier molecular flexibility index (Phi) is 4.45. The van der Waals surface area contributed by atoms with E-state index in [9.17, 15) is 5.11 Å². The van der Waals surface area contributed by atoms with Crippen LogP contribution in [0, 0.1) is 0 Å². The molecule has 0 saturated carbocycles. The number of hydrogen-bond acceptors (Lipinski definition) is 2. The first-order valence-electron chi connectivity index (χ1n) is 7.30. The molecule has 23 heavy (non-hydrogen) atoms. The molecule has 0 spiro atoms. The van der Waals surface area contributed by atoms with Crippen molar-refractivity contribution in [3.8, 4) is 5.75 Å². The predicted octanol–water partition coefficient (Wildman–Crippen LogP) is 5.29. The fourth-order valence-electron chi connectivity index (χ4n) is 2.62. The first kappa shape index (κ1) is 15.3. The van der Waals surface area contributed by atoms with Gasteiger partial charge >= 0.3 is 0 Å². The van der Waals surface area contributed by atoms with Gasteiger partial charge in [-0.3, -0.25) is 4.98 Å². The highest BCUT2D eigenvalue weighted by Gasteiger charge is 2.20. The molecule has 0 aliphatic rings. The number of benzene rings is 2. The Balaban J connectivity index is 2.08. The van der Waals surface area contributed by atoms with E-state index in [4.69, 9.17) is 11.6 Å². The quantitative estimate of drug-likeness (QED) is 0.708. The molecule has 2 nitrogen and oxygen atoms in total. The highest BCUT2D eigenvalue weighted by atomic mass is 35.5. The lowest BCUT2D eigenvalue weighted by Gasteiger charge is -2.20. The van der Waals surface area contributed by atoms with Crippen molar-refractivity contribution in [1.29, 1.82) is 0 Å². The van der Waals surface area contributed by atoms with E-state index in [1.165, 1.54) is 0 Å². The third-order valence-corrected chi connectivity index (χ3v) is 3.99. The maximum atomic E-state index is 9.55. The van der Waals surface area contributed by atoms with Gasteiger partial charge < -0.3 is 5.11 Å². The van der Waals surface area contributed by atoms with E-state index in [-0.39, 0.29) is 11.7 Å². The van der Waals surface area contributed by atoms with Crippen molar-refractivity contribution in [2.75, 3.05) is 0 Å². The van der Waals surface area contributed by atoms with Gasteiger partial charge in [-0.15, -0.1) is 0 Å². The van der Waals surface area contributed by atoms with Crippen molar-refractivity contribution in [3.05, 3.63) is 101 Å². The molecule has 1 aromatic heterocycles. The molecule has 114 valence electrons. The van der Waals surface area contributed by atoms with Gasteiger partial charge in [0, 0.05) is 11.2 Å². The summed E-state index contributed by atoms with van der Waals surface area (Å²) < 4.78 is 0. The number of pyridine rings is 1. The second-order valence-electron chi connectivity index (χ2n) is 5.31. The number of nitrogens with zero attached hydrogens (tertiary/aromatic N) is 1. The van der Waals surface area contributed by atoms with E-state index in [0.29, 0.717) is 5.02 Å². The van der Waals surface area contributed by atoms with E-state index in [1.807, 2.05) is 54.6 Å². The van der Waals surface area contributed by atoms with Gasteiger partial charge in [0.25, 0.3) is 0 Å². The Morgan fingerprint density at radius 1 is 1.00 bits per heavy atom. The molecule has 0 aliphatic carbocycles. The number of rotatable bonds is 4. The summed E-state index contributed by atoms with van der Waals surface area (Å²) in [6.45, 7) is 4.28. The molecule has 0 amide bonds. The molecule has 2 aromatic carbocycles. The van der Waals surface area contributed by atoms with Gasteiger partial charge in [0.2, 0.25) is 0 Å². The molecule has 3 aromatic rings. The number of phenols is 1. The van der Waals surface area contributed by atoms with Gasteiger partial charge in [-0.05, 0) is 53.1 Å². The van der Waals surface area contributed by atoms with E-state index in [0.717, 1.165) is 22.4 Å². The van der Waals surface area contributed by atoms with Crippen LogP contribution in [0.15, 0.2) is 79.5 Å². The Morgan fingerprint density at radius 2 is 1.78 bits per heavy atom.